The van der Waals surface area contributed by atoms with Crippen LogP contribution < -0.4 is 10.9 Å². The highest BCUT2D eigenvalue weighted by atomic mass is 16.1. The molecule has 5 heteroatoms. The lowest BCUT2D eigenvalue weighted by Crippen LogP contribution is -2.20. The molecule has 1 heterocycles. The lowest BCUT2D eigenvalue weighted by atomic mass is 10.0. The number of allylic oxidation sites excluding steroid dienone is 4. The van der Waals surface area contributed by atoms with E-state index in [1.807, 2.05) is 12.1 Å². The van der Waals surface area contributed by atoms with Gasteiger partial charge in [-0.2, -0.15) is 5.26 Å². The number of hydrogen-bond acceptors (Lipinski definition) is 4. The Bertz CT molecular complexity index is 745. The summed E-state index contributed by atoms with van der Waals surface area (Å²) >= 11 is 0. The van der Waals surface area contributed by atoms with Crippen molar-refractivity contribution in [3.8, 4) is 6.07 Å². The van der Waals surface area contributed by atoms with Gasteiger partial charge < -0.3 is 10.3 Å². The van der Waals surface area contributed by atoms with Crippen LogP contribution in [0.2, 0.25) is 0 Å². The Balaban J connectivity index is 1.86. The first-order valence-corrected chi connectivity index (χ1v) is 8.32. The van der Waals surface area contributed by atoms with Gasteiger partial charge in [-0.1, -0.05) is 37.3 Å². The molecule has 1 saturated carbocycles. The van der Waals surface area contributed by atoms with Gasteiger partial charge in [0.05, 0.1) is 0 Å². The zero-order valence-electron chi connectivity index (χ0n) is 13.5. The van der Waals surface area contributed by atoms with Crippen LogP contribution in [0.25, 0.3) is 0 Å². The van der Waals surface area contributed by atoms with Gasteiger partial charge in [0.15, 0.2) is 11.4 Å². The van der Waals surface area contributed by atoms with E-state index in [1.54, 1.807) is 0 Å². The van der Waals surface area contributed by atoms with Crippen molar-refractivity contribution in [2.24, 2.45) is 5.92 Å². The van der Waals surface area contributed by atoms with Crippen LogP contribution in [0.1, 0.15) is 56.8 Å². The number of aromatic nitrogens is 2. The summed E-state index contributed by atoms with van der Waals surface area (Å²) in [6, 6.07) is 1.97. The predicted octanol–water partition coefficient (Wildman–Crippen LogP) is 3.41. The molecular formula is C18H22N4O. The van der Waals surface area contributed by atoms with Gasteiger partial charge in [-0.25, -0.2) is 4.98 Å². The first-order valence-electron chi connectivity index (χ1n) is 8.32. The van der Waals surface area contributed by atoms with Crippen molar-refractivity contribution in [3.05, 3.63) is 45.2 Å². The highest BCUT2D eigenvalue weighted by Gasteiger charge is 2.19. The molecule has 0 spiro atoms. The van der Waals surface area contributed by atoms with Gasteiger partial charge in [-0.3, -0.25) is 4.79 Å². The quantitative estimate of drug-likeness (QED) is 0.893. The molecule has 1 aromatic rings. The van der Waals surface area contributed by atoms with E-state index in [4.69, 9.17) is 0 Å². The molecule has 2 N–H and O–H groups in total. The molecule has 23 heavy (non-hydrogen) atoms. The number of nitriles is 1. The minimum Gasteiger partial charge on any atom is -0.342 e. The lowest BCUT2D eigenvalue weighted by molar-refractivity contribution is 0.529. The van der Waals surface area contributed by atoms with Crippen LogP contribution in [0.3, 0.4) is 0 Å². The van der Waals surface area contributed by atoms with Crippen molar-refractivity contribution in [2.75, 3.05) is 5.32 Å². The van der Waals surface area contributed by atoms with E-state index < -0.39 is 0 Å². The fourth-order valence-electron chi connectivity index (χ4n) is 3.30. The number of H-pyrrole nitrogens is 1. The SMILES string of the molecule is CC1=CC=C(Nc2nc(CC3CCCC3)[nH]c(=O)c2C#N)CC1. The molecule has 3 rings (SSSR count). The second-order valence-electron chi connectivity index (χ2n) is 6.53. The number of nitrogens with one attached hydrogen (secondary N) is 2. The largest absolute Gasteiger partial charge is 0.342 e. The monoisotopic (exact) mass is 310 g/mol. The smallest absolute Gasteiger partial charge is 0.271 e. The van der Waals surface area contributed by atoms with E-state index in [0.717, 1.165) is 25.0 Å². The van der Waals surface area contributed by atoms with Gasteiger partial charge in [0.25, 0.3) is 5.56 Å². The molecule has 0 bridgehead atoms. The molecule has 0 amide bonds. The standard InChI is InChI=1S/C18H22N4O/c1-12-6-8-14(9-7-12)20-17-15(11-19)18(23)22-16(21-17)10-13-4-2-3-5-13/h6,8,13H,2-5,7,9-10H2,1H3,(H2,20,21,22,23). The summed E-state index contributed by atoms with van der Waals surface area (Å²) in [7, 11) is 0. The van der Waals surface area contributed by atoms with E-state index in [1.165, 1.54) is 31.3 Å². The molecule has 1 aromatic heterocycles. The molecule has 2 aliphatic rings. The summed E-state index contributed by atoms with van der Waals surface area (Å²) in [5.74, 6) is 1.67. The van der Waals surface area contributed by atoms with Crippen LogP contribution in [0.5, 0.6) is 0 Å². The highest BCUT2D eigenvalue weighted by Crippen LogP contribution is 2.27. The van der Waals surface area contributed by atoms with Gasteiger partial charge in [0.2, 0.25) is 0 Å². The minimum absolute atomic E-state index is 0.0624. The molecule has 120 valence electrons. The minimum atomic E-state index is -0.346. The molecule has 1 fully saturated rings. The molecule has 0 radical (unpaired) electrons. The second-order valence-corrected chi connectivity index (χ2v) is 6.53. The third kappa shape index (κ3) is 3.70. The fraction of sp³-hybridized carbons (Fsp3) is 0.500. The lowest BCUT2D eigenvalue weighted by Gasteiger charge is -2.16. The first-order chi connectivity index (χ1) is 11.2. The van der Waals surface area contributed by atoms with Crippen molar-refractivity contribution >= 4 is 5.82 Å². The number of nitrogens with zero attached hydrogens (tertiary/aromatic N) is 2. The Kier molecular flexibility index (Phi) is 4.61. The summed E-state index contributed by atoms with van der Waals surface area (Å²) in [4.78, 5) is 19.5. The number of rotatable bonds is 4. The zero-order chi connectivity index (χ0) is 16.2. The van der Waals surface area contributed by atoms with Gasteiger partial charge in [0.1, 0.15) is 11.9 Å². The van der Waals surface area contributed by atoms with E-state index in [2.05, 4.69) is 28.3 Å². The number of hydrogen-bond donors (Lipinski definition) is 2. The van der Waals surface area contributed by atoms with Crippen molar-refractivity contribution in [3.63, 3.8) is 0 Å². The molecule has 0 saturated heterocycles. The third-order valence-electron chi connectivity index (χ3n) is 4.67. The van der Waals surface area contributed by atoms with Crippen molar-refractivity contribution in [2.45, 2.75) is 51.9 Å². The number of aromatic amines is 1. The number of anilines is 1. The molecular weight excluding hydrogens is 288 g/mol. The summed E-state index contributed by atoms with van der Waals surface area (Å²) in [5, 5.41) is 12.5. The van der Waals surface area contributed by atoms with Gasteiger partial charge in [-0.15, -0.1) is 0 Å². The van der Waals surface area contributed by atoms with Gasteiger partial charge in [-0.05, 0) is 31.8 Å². The normalized spacial score (nSPS) is 18.3. The maximum atomic E-state index is 12.2. The van der Waals surface area contributed by atoms with E-state index in [-0.39, 0.29) is 11.1 Å². The van der Waals surface area contributed by atoms with E-state index >= 15 is 0 Å². The summed E-state index contributed by atoms with van der Waals surface area (Å²) in [5.41, 5.74) is 2.04. The summed E-state index contributed by atoms with van der Waals surface area (Å²) in [6.45, 7) is 2.10. The van der Waals surface area contributed by atoms with Crippen LogP contribution in [0, 0.1) is 17.2 Å². The van der Waals surface area contributed by atoms with Crippen LogP contribution in [-0.2, 0) is 6.42 Å². The molecule has 0 atom stereocenters. The molecule has 0 aromatic carbocycles. The topological polar surface area (TPSA) is 81.6 Å². The van der Waals surface area contributed by atoms with E-state index in [9.17, 15) is 10.1 Å². The zero-order valence-corrected chi connectivity index (χ0v) is 13.5. The Morgan fingerprint density at radius 1 is 1.35 bits per heavy atom. The molecule has 0 aliphatic heterocycles. The maximum absolute atomic E-state index is 12.2. The Morgan fingerprint density at radius 3 is 2.78 bits per heavy atom. The van der Waals surface area contributed by atoms with E-state index in [0.29, 0.717) is 17.6 Å². The summed E-state index contributed by atoms with van der Waals surface area (Å²) < 4.78 is 0. The highest BCUT2D eigenvalue weighted by molar-refractivity contribution is 5.54. The average Bonchev–Trinajstić information content (AvgIpc) is 3.02. The van der Waals surface area contributed by atoms with Crippen molar-refractivity contribution < 1.29 is 0 Å². The Labute approximate surface area is 136 Å². The fourth-order valence-corrected chi connectivity index (χ4v) is 3.30. The van der Waals surface area contributed by atoms with Crippen LogP contribution in [-0.4, -0.2) is 9.97 Å². The molecule has 0 unspecified atom stereocenters. The predicted molar refractivity (Wildman–Crippen MR) is 89.9 cm³/mol. The van der Waals surface area contributed by atoms with Crippen molar-refractivity contribution in [1.82, 2.24) is 9.97 Å². The maximum Gasteiger partial charge on any atom is 0.271 e. The Hall–Kier alpha value is -2.35. The van der Waals surface area contributed by atoms with Gasteiger partial charge >= 0.3 is 0 Å². The molecule has 5 nitrogen and oxygen atoms in total. The van der Waals surface area contributed by atoms with Crippen molar-refractivity contribution in [1.29, 1.82) is 5.26 Å². The Morgan fingerprint density at radius 2 is 2.13 bits per heavy atom. The van der Waals surface area contributed by atoms with Crippen LogP contribution >= 0.6 is 0 Å². The van der Waals surface area contributed by atoms with Crippen LogP contribution in [0.15, 0.2) is 28.2 Å². The second kappa shape index (κ2) is 6.82. The van der Waals surface area contributed by atoms with Gasteiger partial charge in [0, 0.05) is 12.1 Å². The van der Waals surface area contributed by atoms with Crippen LogP contribution in [0.4, 0.5) is 5.82 Å². The first kappa shape index (κ1) is 15.5. The molecule has 2 aliphatic carbocycles. The third-order valence-corrected chi connectivity index (χ3v) is 4.67. The average molecular weight is 310 g/mol. The summed E-state index contributed by atoms with van der Waals surface area (Å²) in [6.07, 6.45) is 11.6.